The van der Waals surface area contributed by atoms with Crippen LogP contribution in [0.3, 0.4) is 0 Å². The third-order valence-electron chi connectivity index (χ3n) is 5.72. The molecule has 1 amide bonds. The molecular formula is C23H26ClNO. The van der Waals surface area contributed by atoms with Gasteiger partial charge in [-0.2, -0.15) is 0 Å². The second-order valence-corrected chi connectivity index (χ2v) is 8.28. The number of carbonyl (C=O) groups excluding carboxylic acids is 1. The molecule has 0 aliphatic heterocycles. The van der Waals surface area contributed by atoms with Crippen LogP contribution in [-0.2, 0) is 0 Å². The second kappa shape index (κ2) is 7.84. The van der Waals surface area contributed by atoms with E-state index in [4.69, 9.17) is 11.6 Å². The van der Waals surface area contributed by atoms with Gasteiger partial charge in [0.05, 0.1) is 0 Å². The molecule has 2 aliphatic carbocycles. The van der Waals surface area contributed by atoms with Crippen LogP contribution in [0.4, 0.5) is 0 Å². The van der Waals surface area contributed by atoms with Crippen molar-refractivity contribution in [1.82, 2.24) is 5.32 Å². The predicted octanol–water partition coefficient (Wildman–Crippen LogP) is 6.19. The first-order chi connectivity index (χ1) is 12.7. The molecule has 2 aromatic carbocycles. The maximum Gasteiger partial charge on any atom is 0.251 e. The highest BCUT2D eigenvalue weighted by Crippen LogP contribution is 2.35. The van der Waals surface area contributed by atoms with Crippen LogP contribution < -0.4 is 5.32 Å². The largest absolute Gasteiger partial charge is 0.352 e. The van der Waals surface area contributed by atoms with E-state index in [0.717, 1.165) is 28.3 Å². The molecule has 2 aliphatic rings. The van der Waals surface area contributed by atoms with Crippen molar-refractivity contribution < 1.29 is 4.79 Å². The standard InChI is InChI=1S/C23H26ClNO/c24-22-10-8-18(9-11-22)20-12-19(17-4-2-1-3-5-17)13-21(14-20)23(26)25-15-16-6-7-16/h8-14,16-17H,1-7,15H2,(H,25,26). The maximum absolute atomic E-state index is 12.7. The van der Waals surface area contributed by atoms with Gasteiger partial charge in [0.1, 0.15) is 0 Å². The number of carbonyl (C=O) groups is 1. The van der Waals surface area contributed by atoms with Gasteiger partial charge < -0.3 is 5.32 Å². The van der Waals surface area contributed by atoms with Crippen molar-refractivity contribution in [2.24, 2.45) is 5.92 Å². The lowest BCUT2D eigenvalue weighted by Crippen LogP contribution is -2.25. The van der Waals surface area contributed by atoms with E-state index in [0.29, 0.717) is 11.8 Å². The monoisotopic (exact) mass is 367 g/mol. The van der Waals surface area contributed by atoms with E-state index in [1.54, 1.807) is 0 Å². The van der Waals surface area contributed by atoms with Crippen LogP contribution in [-0.4, -0.2) is 12.5 Å². The van der Waals surface area contributed by atoms with Gasteiger partial charge in [0, 0.05) is 17.1 Å². The summed E-state index contributed by atoms with van der Waals surface area (Å²) in [5.41, 5.74) is 4.33. The molecule has 1 N–H and O–H groups in total. The number of hydrogen-bond acceptors (Lipinski definition) is 1. The number of hydrogen-bond donors (Lipinski definition) is 1. The molecule has 136 valence electrons. The van der Waals surface area contributed by atoms with Gasteiger partial charge in [-0.1, -0.05) is 49.1 Å². The van der Waals surface area contributed by atoms with E-state index in [-0.39, 0.29) is 5.91 Å². The average Bonchev–Trinajstić information content (AvgIpc) is 3.51. The van der Waals surface area contributed by atoms with Crippen molar-refractivity contribution in [2.45, 2.75) is 50.9 Å². The Morgan fingerprint density at radius 2 is 1.65 bits per heavy atom. The molecule has 3 heteroatoms. The molecule has 0 bridgehead atoms. The summed E-state index contributed by atoms with van der Waals surface area (Å²) in [6, 6.07) is 14.3. The summed E-state index contributed by atoms with van der Waals surface area (Å²) < 4.78 is 0. The summed E-state index contributed by atoms with van der Waals surface area (Å²) in [7, 11) is 0. The van der Waals surface area contributed by atoms with E-state index in [1.165, 1.54) is 50.5 Å². The fourth-order valence-electron chi connectivity index (χ4n) is 3.92. The molecule has 2 aromatic rings. The summed E-state index contributed by atoms with van der Waals surface area (Å²) in [5.74, 6) is 1.33. The summed E-state index contributed by atoms with van der Waals surface area (Å²) in [5, 5.41) is 3.85. The van der Waals surface area contributed by atoms with Crippen LogP contribution in [0.2, 0.25) is 5.02 Å². The van der Waals surface area contributed by atoms with Crippen molar-refractivity contribution in [3.8, 4) is 11.1 Å². The molecule has 0 heterocycles. The van der Waals surface area contributed by atoms with Crippen LogP contribution in [0.1, 0.15) is 66.8 Å². The third-order valence-corrected chi connectivity index (χ3v) is 5.97. The molecule has 0 spiro atoms. The highest BCUT2D eigenvalue weighted by Gasteiger charge is 2.23. The minimum atomic E-state index is 0.0600. The lowest BCUT2D eigenvalue weighted by molar-refractivity contribution is 0.0951. The molecule has 0 radical (unpaired) electrons. The quantitative estimate of drug-likeness (QED) is 0.670. The van der Waals surface area contributed by atoms with Gasteiger partial charge in [0.25, 0.3) is 5.91 Å². The number of amides is 1. The van der Waals surface area contributed by atoms with E-state index < -0.39 is 0 Å². The first-order valence-electron chi connectivity index (χ1n) is 9.88. The molecule has 4 rings (SSSR count). The Balaban J connectivity index is 1.65. The Morgan fingerprint density at radius 3 is 2.35 bits per heavy atom. The van der Waals surface area contributed by atoms with Gasteiger partial charge in [-0.3, -0.25) is 4.79 Å². The van der Waals surface area contributed by atoms with Crippen LogP contribution in [0.5, 0.6) is 0 Å². The first-order valence-corrected chi connectivity index (χ1v) is 10.3. The average molecular weight is 368 g/mol. The molecule has 0 atom stereocenters. The van der Waals surface area contributed by atoms with Crippen molar-refractivity contribution in [3.05, 3.63) is 58.6 Å². The minimum Gasteiger partial charge on any atom is -0.352 e. The molecule has 0 aromatic heterocycles. The zero-order valence-corrected chi connectivity index (χ0v) is 15.9. The van der Waals surface area contributed by atoms with Crippen molar-refractivity contribution in [1.29, 1.82) is 0 Å². The van der Waals surface area contributed by atoms with Crippen LogP contribution in [0.15, 0.2) is 42.5 Å². The molecule has 2 nitrogen and oxygen atoms in total. The summed E-state index contributed by atoms with van der Waals surface area (Å²) in [6.45, 7) is 0.808. The Bertz CT molecular complexity index is 773. The molecule has 26 heavy (non-hydrogen) atoms. The van der Waals surface area contributed by atoms with Gasteiger partial charge >= 0.3 is 0 Å². The van der Waals surface area contributed by atoms with Crippen LogP contribution in [0.25, 0.3) is 11.1 Å². The topological polar surface area (TPSA) is 29.1 Å². The van der Waals surface area contributed by atoms with Crippen LogP contribution >= 0.6 is 11.6 Å². The van der Waals surface area contributed by atoms with Gasteiger partial charge in [0.15, 0.2) is 0 Å². The Hall–Kier alpha value is -1.80. The molecule has 0 saturated heterocycles. The fraction of sp³-hybridized carbons (Fsp3) is 0.435. The minimum absolute atomic E-state index is 0.0600. The summed E-state index contributed by atoms with van der Waals surface area (Å²) >= 11 is 6.05. The zero-order chi connectivity index (χ0) is 17.9. The molecule has 2 saturated carbocycles. The third kappa shape index (κ3) is 4.29. The number of nitrogens with one attached hydrogen (secondary N) is 1. The highest BCUT2D eigenvalue weighted by atomic mass is 35.5. The van der Waals surface area contributed by atoms with E-state index in [9.17, 15) is 4.79 Å². The second-order valence-electron chi connectivity index (χ2n) is 7.84. The van der Waals surface area contributed by atoms with Gasteiger partial charge in [-0.15, -0.1) is 0 Å². The van der Waals surface area contributed by atoms with E-state index >= 15 is 0 Å². The lowest BCUT2D eigenvalue weighted by Gasteiger charge is -2.23. The van der Waals surface area contributed by atoms with Crippen LogP contribution in [0, 0.1) is 5.92 Å². The number of rotatable bonds is 5. The number of halogens is 1. The lowest BCUT2D eigenvalue weighted by atomic mass is 9.82. The summed E-state index contributed by atoms with van der Waals surface area (Å²) in [4.78, 5) is 12.7. The van der Waals surface area contributed by atoms with Gasteiger partial charge in [-0.25, -0.2) is 0 Å². The normalized spacial score (nSPS) is 17.9. The smallest absolute Gasteiger partial charge is 0.251 e. The molecule has 0 unspecified atom stereocenters. The Kier molecular flexibility index (Phi) is 5.31. The SMILES string of the molecule is O=C(NCC1CC1)c1cc(-c2ccc(Cl)cc2)cc(C2CCCCC2)c1. The van der Waals surface area contributed by atoms with Crippen molar-refractivity contribution >= 4 is 17.5 Å². The van der Waals surface area contributed by atoms with Gasteiger partial charge in [-0.05, 0) is 78.5 Å². The fourth-order valence-corrected chi connectivity index (χ4v) is 4.05. The maximum atomic E-state index is 12.7. The van der Waals surface area contributed by atoms with Crippen molar-refractivity contribution in [3.63, 3.8) is 0 Å². The first kappa shape index (κ1) is 17.6. The van der Waals surface area contributed by atoms with E-state index in [1.807, 2.05) is 30.3 Å². The highest BCUT2D eigenvalue weighted by molar-refractivity contribution is 6.30. The Morgan fingerprint density at radius 1 is 0.923 bits per heavy atom. The molecular weight excluding hydrogens is 342 g/mol. The van der Waals surface area contributed by atoms with Crippen molar-refractivity contribution in [2.75, 3.05) is 6.54 Å². The predicted molar refractivity (Wildman–Crippen MR) is 108 cm³/mol. The molecule has 2 fully saturated rings. The summed E-state index contributed by atoms with van der Waals surface area (Å²) in [6.07, 6.45) is 8.87. The van der Waals surface area contributed by atoms with E-state index in [2.05, 4.69) is 17.4 Å². The number of benzene rings is 2. The van der Waals surface area contributed by atoms with Gasteiger partial charge in [0.2, 0.25) is 0 Å². The zero-order valence-electron chi connectivity index (χ0n) is 15.1. The Labute approximate surface area is 161 Å².